The second-order valence-corrected chi connectivity index (χ2v) is 5.94. The number of hydrogen-bond donors (Lipinski definition) is 0. The van der Waals surface area contributed by atoms with Crippen molar-refractivity contribution in [3.05, 3.63) is 42.2 Å². The van der Waals surface area contributed by atoms with Crippen LogP contribution in [0.5, 0.6) is 0 Å². The molecule has 3 rings (SSSR count). The Morgan fingerprint density at radius 2 is 2.10 bits per heavy atom. The van der Waals surface area contributed by atoms with Gasteiger partial charge in [0.25, 0.3) is 0 Å². The Labute approximate surface area is 126 Å². The molecule has 1 aliphatic heterocycles. The highest BCUT2D eigenvalue weighted by molar-refractivity contribution is 5.57. The highest BCUT2D eigenvalue weighted by atomic mass is 16.5. The highest BCUT2D eigenvalue weighted by Crippen LogP contribution is 2.27. The van der Waals surface area contributed by atoms with E-state index in [4.69, 9.17) is 4.74 Å². The first-order valence-corrected chi connectivity index (χ1v) is 7.58. The Bertz CT molecular complexity index is 585. The Morgan fingerprint density at radius 1 is 1.29 bits per heavy atom. The van der Waals surface area contributed by atoms with Crippen LogP contribution in [0.4, 0.5) is 0 Å². The SMILES string of the molecule is CN(C)Cc1cccc(-c2nccn2C2CCOCC2)c1. The summed E-state index contributed by atoms with van der Waals surface area (Å²) in [5.41, 5.74) is 2.52. The monoisotopic (exact) mass is 285 g/mol. The normalized spacial score (nSPS) is 16.5. The van der Waals surface area contributed by atoms with Crippen LogP contribution in [0.15, 0.2) is 36.7 Å². The van der Waals surface area contributed by atoms with E-state index in [0.717, 1.165) is 38.4 Å². The van der Waals surface area contributed by atoms with Crippen molar-refractivity contribution >= 4 is 0 Å². The second kappa shape index (κ2) is 6.41. The molecule has 21 heavy (non-hydrogen) atoms. The smallest absolute Gasteiger partial charge is 0.140 e. The minimum atomic E-state index is 0.508. The van der Waals surface area contributed by atoms with E-state index in [0.29, 0.717) is 6.04 Å². The van der Waals surface area contributed by atoms with Gasteiger partial charge in [-0.25, -0.2) is 4.98 Å². The maximum atomic E-state index is 5.47. The van der Waals surface area contributed by atoms with Crippen LogP contribution in [0.1, 0.15) is 24.4 Å². The predicted octanol–water partition coefficient (Wildman–Crippen LogP) is 2.96. The average molecular weight is 285 g/mol. The number of imidazole rings is 1. The number of aromatic nitrogens is 2. The number of nitrogens with zero attached hydrogens (tertiary/aromatic N) is 3. The van der Waals surface area contributed by atoms with Crippen LogP contribution >= 0.6 is 0 Å². The van der Waals surface area contributed by atoms with Gasteiger partial charge in [0.2, 0.25) is 0 Å². The van der Waals surface area contributed by atoms with Gasteiger partial charge in [-0.1, -0.05) is 18.2 Å². The Hall–Kier alpha value is -1.65. The summed E-state index contributed by atoms with van der Waals surface area (Å²) in [5.74, 6) is 1.07. The van der Waals surface area contributed by atoms with Crippen molar-refractivity contribution in [2.75, 3.05) is 27.3 Å². The summed E-state index contributed by atoms with van der Waals surface area (Å²) in [5, 5.41) is 0. The molecule has 0 N–H and O–H groups in total. The molecule has 0 spiro atoms. The summed E-state index contributed by atoms with van der Waals surface area (Å²) in [4.78, 5) is 6.78. The van der Waals surface area contributed by atoms with Crippen molar-refractivity contribution in [3.63, 3.8) is 0 Å². The average Bonchev–Trinajstić information content (AvgIpc) is 2.97. The molecule has 1 aliphatic rings. The highest BCUT2D eigenvalue weighted by Gasteiger charge is 2.18. The molecule has 4 heteroatoms. The fourth-order valence-corrected chi connectivity index (χ4v) is 2.97. The van der Waals surface area contributed by atoms with E-state index in [9.17, 15) is 0 Å². The third-order valence-electron chi connectivity index (χ3n) is 3.94. The summed E-state index contributed by atoms with van der Waals surface area (Å²) in [6, 6.07) is 9.20. The van der Waals surface area contributed by atoms with Crippen molar-refractivity contribution < 1.29 is 4.74 Å². The van der Waals surface area contributed by atoms with Gasteiger partial charge in [-0.15, -0.1) is 0 Å². The van der Waals surface area contributed by atoms with Crippen molar-refractivity contribution in [1.82, 2.24) is 14.5 Å². The standard InChI is InChI=1S/C17H23N3O/c1-19(2)13-14-4-3-5-15(12-14)17-18-8-9-20(17)16-6-10-21-11-7-16/h3-5,8-9,12,16H,6-7,10-11,13H2,1-2H3. The van der Waals surface area contributed by atoms with Crippen LogP contribution in [0.2, 0.25) is 0 Å². The number of ether oxygens (including phenoxy) is 1. The molecule has 0 aliphatic carbocycles. The molecule has 0 radical (unpaired) electrons. The lowest BCUT2D eigenvalue weighted by molar-refractivity contribution is 0.0700. The van der Waals surface area contributed by atoms with E-state index in [1.54, 1.807) is 0 Å². The minimum Gasteiger partial charge on any atom is -0.381 e. The second-order valence-electron chi connectivity index (χ2n) is 5.94. The van der Waals surface area contributed by atoms with Gasteiger partial charge in [0.05, 0.1) is 0 Å². The molecule has 0 bridgehead atoms. The largest absolute Gasteiger partial charge is 0.381 e. The molecule has 0 unspecified atom stereocenters. The van der Waals surface area contributed by atoms with Crippen LogP contribution in [0, 0.1) is 0 Å². The van der Waals surface area contributed by atoms with E-state index >= 15 is 0 Å². The van der Waals surface area contributed by atoms with Crippen molar-refractivity contribution in [3.8, 4) is 11.4 Å². The first kappa shape index (κ1) is 14.3. The zero-order valence-electron chi connectivity index (χ0n) is 12.8. The molecular weight excluding hydrogens is 262 g/mol. The van der Waals surface area contributed by atoms with Crippen molar-refractivity contribution in [2.24, 2.45) is 0 Å². The van der Waals surface area contributed by atoms with Crippen LogP contribution in [-0.4, -0.2) is 41.8 Å². The first-order valence-electron chi connectivity index (χ1n) is 7.58. The molecule has 1 saturated heterocycles. The fraction of sp³-hybridized carbons (Fsp3) is 0.471. The zero-order valence-corrected chi connectivity index (χ0v) is 12.8. The van der Waals surface area contributed by atoms with Gasteiger partial charge in [0.1, 0.15) is 5.82 Å². The van der Waals surface area contributed by atoms with Crippen LogP contribution in [0.25, 0.3) is 11.4 Å². The van der Waals surface area contributed by atoms with Crippen molar-refractivity contribution in [2.45, 2.75) is 25.4 Å². The topological polar surface area (TPSA) is 30.3 Å². The Kier molecular flexibility index (Phi) is 4.36. The number of benzene rings is 1. The molecular formula is C17H23N3O. The maximum Gasteiger partial charge on any atom is 0.140 e. The summed E-state index contributed by atoms with van der Waals surface area (Å²) in [6.45, 7) is 2.65. The summed E-state index contributed by atoms with van der Waals surface area (Å²) in [6.07, 6.45) is 6.15. The lowest BCUT2D eigenvalue weighted by atomic mass is 10.1. The number of rotatable bonds is 4. The first-order chi connectivity index (χ1) is 10.2. The Balaban J connectivity index is 1.88. The molecule has 0 amide bonds. The van der Waals surface area contributed by atoms with Gasteiger partial charge >= 0.3 is 0 Å². The summed E-state index contributed by atoms with van der Waals surface area (Å²) in [7, 11) is 4.19. The van der Waals surface area contributed by atoms with Crippen LogP contribution < -0.4 is 0 Å². The third kappa shape index (κ3) is 3.34. The van der Waals surface area contributed by atoms with E-state index in [1.165, 1.54) is 11.1 Å². The lowest BCUT2D eigenvalue weighted by Gasteiger charge is -2.25. The van der Waals surface area contributed by atoms with E-state index in [1.807, 2.05) is 6.20 Å². The maximum absolute atomic E-state index is 5.47. The van der Waals surface area contributed by atoms with Gasteiger partial charge in [-0.3, -0.25) is 0 Å². The molecule has 4 nitrogen and oxygen atoms in total. The Morgan fingerprint density at radius 3 is 2.86 bits per heavy atom. The molecule has 1 aromatic carbocycles. The quantitative estimate of drug-likeness (QED) is 0.865. The molecule has 2 aromatic rings. The lowest BCUT2D eigenvalue weighted by Crippen LogP contribution is -2.19. The molecule has 0 saturated carbocycles. The fourth-order valence-electron chi connectivity index (χ4n) is 2.97. The van der Waals surface area contributed by atoms with Gasteiger partial charge < -0.3 is 14.2 Å². The summed E-state index contributed by atoms with van der Waals surface area (Å²) < 4.78 is 7.78. The molecule has 1 aromatic heterocycles. The molecule has 112 valence electrons. The van der Waals surface area contributed by atoms with E-state index in [-0.39, 0.29) is 0 Å². The third-order valence-corrected chi connectivity index (χ3v) is 3.94. The van der Waals surface area contributed by atoms with Gasteiger partial charge in [-0.05, 0) is 38.6 Å². The van der Waals surface area contributed by atoms with Crippen molar-refractivity contribution in [1.29, 1.82) is 0 Å². The minimum absolute atomic E-state index is 0.508. The van der Waals surface area contributed by atoms with Gasteiger partial charge in [-0.2, -0.15) is 0 Å². The van der Waals surface area contributed by atoms with Gasteiger partial charge in [0.15, 0.2) is 0 Å². The van der Waals surface area contributed by atoms with E-state index in [2.05, 4.69) is 59.0 Å². The predicted molar refractivity (Wildman–Crippen MR) is 84.1 cm³/mol. The van der Waals surface area contributed by atoms with Crippen LogP contribution in [0.3, 0.4) is 0 Å². The van der Waals surface area contributed by atoms with Gasteiger partial charge in [0, 0.05) is 43.8 Å². The number of hydrogen-bond acceptors (Lipinski definition) is 3. The molecule has 1 fully saturated rings. The molecule has 0 atom stereocenters. The van der Waals surface area contributed by atoms with Crippen LogP contribution in [-0.2, 0) is 11.3 Å². The molecule has 2 heterocycles. The zero-order chi connectivity index (χ0) is 14.7. The summed E-state index contributed by atoms with van der Waals surface area (Å²) >= 11 is 0. The van der Waals surface area contributed by atoms with E-state index < -0.39 is 0 Å².